The number of nitrogens with zero attached hydrogens (tertiary/aromatic N) is 1. The molecule has 5 nitrogen and oxygen atoms in total. The molecule has 0 aliphatic heterocycles. The van der Waals surface area contributed by atoms with E-state index in [1.807, 2.05) is 6.92 Å². The van der Waals surface area contributed by atoms with Crippen molar-refractivity contribution in [1.29, 1.82) is 5.26 Å². The van der Waals surface area contributed by atoms with Gasteiger partial charge in [0.15, 0.2) is 5.41 Å². The Hall–Kier alpha value is -1.57. The van der Waals surface area contributed by atoms with E-state index in [1.165, 1.54) is 0 Å². The largest absolute Gasteiger partial charge is 0.466 e. The fourth-order valence-electron chi connectivity index (χ4n) is 5.19. The first-order chi connectivity index (χ1) is 13.6. The molecule has 2 aliphatic carbocycles. The molecule has 2 fully saturated rings. The van der Waals surface area contributed by atoms with Gasteiger partial charge in [0, 0.05) is 0 Å². The number of esters is 2. The van der Waals surface area contributed by atoms with Crippen LogP contribution in [0.2, 0.25) is 0 Å². The van der Waals surface area contributed by atoms with Crippen molar-refractivity contribution in [3.8, 4) is 6.07 Å². The summed E-state index contributed by atoms with van der Waals surface area (Å²) in [5, 5.41) is 10.4. The van der Waals surface area contributed by atoms with E-state index in [9.17, 15) is 14.9 Å². The van der Waals surface area contributed by atoms with Crippen molar-refractivity contribution in [3.63, 3.8) is 0 Å². The highest BCUT2D eigenvalue weighted by Gasteiger charge is 2.59. The van der Waals surface area contributed by atoms with Gasteiger partial charge in [0.1, 0.15) is 0 Å². The summed E-state index contributed by atoms with van der Waals surface area (Å²) in [6, 6.07) is 2.37. The van der Waals surface area contributed by atoms with E-state index in [0.717, 1.165) is 77.0 Å². The Bertz CT molecular complexity index is 543. The van der Waals surface area contributed by atoms with Crippen molar-refractivity contribution < 1.29 is 19.1 Å². The number of carbonyl (C=O) groups is 2. The van der Waals surface area contributed by atoms with Crippen LogP contribution in [0, 0.1) is 34.5 Å². The smallest absolute Gasteiger partial charge is 0.327 e. The van der Waals surface area contributed by atoms with Gasteiger partial charge in [-0.15, -0.1) is 0 Å². The maximum Gasteiger partial charge on any atom is 0.327 e. The topological polar surface area (TPSA) is 76.4 Å². The zero-order valence-corrected chi connectivity index (χ0v) is 17.7. The summed E-state index contributed by atoms with van der Waals surface area (Å²) in [6.45, 7) is 4.39. The molecule has 2 unspecified atom stereocenters. The third kappa shape index (κ3) is 5.07. The van der Waals surface area contributed by atoms with Crippen LogP contribution >= 0.6 is 0 Å². The van der Waals surface area contributed by atoms with Crippen molar-refractivity contribution >= 4 is 11.9 Å². The van der Waals surface area contributed by atoms with Crippen molar-refractivity contribution in [2.45, 2.75) is 90.9 Å². The molecule has 0 radical (unpaired) electrons. The fourth-order valence-corrected chi connectivity index (χ4v) is 5.19. The molecule has 0 N–H and O–H groups in total. The molecule has 2 rings (SSSR count). The second-order valence-electron chi connectivity index (χ2n) is 8.43. The summed E-state index contributed by atoms with van der Waals surface area (Å²) in [5.74, 6) is -1.69. The number of unbranched alkanes of at least 4 members (excludes halogenated alkanes) is 1. The number of hydrogen-bond donors (Lipinski definition) is 0. The Balaban J connectivity index is 2.44. The number of ether oxygens (including phenoxy) is 2. The minimum absolute atomic E-state index is 0.0214. The number of nitriles is 1. The van der Waals surface area contributed by atoms with Gasteiger partial charge in [-0.05, 0) is 50.9 Å². The van der Waals surface area contributed by atoms with E-state index in [4.69, 9.17) is 9.47 Å². The van der Waals surface area contributed by atoms with Gasteiger partial charge in [0.2, 0.25) is 0 Å². The second-order valence-corrected chi connectivity index (χ2v) is 8.43. The summed E-state index contributed by atoms with van der Waals surface area (Å²) < 4.78 is 11.1. The van der Waals surface area contributed by atoms with Crippen LogP contribution < -0.4 is 0 Å². The average Bonchev–Trinajstić information content (AvgIpc) is 2.73. The van der Waals surface area contributed by atoms with Gasteiger partial charge < -0.3 is 9.47 Å². The SMILES string of the molecule is CCCCOC(=O)C(C#N)(C1CCCCC1)C(C(=O)OCC)C1CCCCC1. The summed E-state index contributed by atoms with van der Waals surface area (Å²) >= 11 is 0. The molecule has 0 aromatic heterocycles. The lowest BCUT2D eigenvalue weighted by Gasteiger charge is -2.43. The maximum absolute atomic E-state index is 13.4. The van der Waals surface area contributed by atoms with Crippen molar-refractivity contribution in [2.75, 3.05) is 13.2 Å². The average molecular weight is 392 g/mol. The van der Waals surface area contributed by atoms with Crippen LogP contribution in [0.1, 0.15) is 90.9 Å². The van der Waals surface area contributed by atoms with Gasteiger partial charge in [-0.2, -0.15) is 5.26 Å². The van der Waals surface area contributed by atoms with E-state index in [0.29, 0.717) is 6.61 Å². The first-order valence-corrected chi connectivity index (χ1v) is 11.4. The Morgan fingerprint density at radius 1 is 1.00 bits per heavy atom. The highest BCUT2D eigenvalue weighted by Crippen LogP contribution is 2.50. The van der Waals surface area contributed by atoms with Crippen LogP contribution in [0.3, 0.4) is 0 Å². The van der Waals surface area contributed by atoms with Gasteiger partial charge in [0.05, 0.1) is 25.2 Å². The Morgan fingerprint density at radius 2 is 1.61 bits per heavy atom. The summed E-state index contributed by atoms with van der Waals surface area (Å²) in [7, 11) is 0. The Morgan fingerprint density at radius 3 is 2.14 bits per heavy atom. The lowest BCUT2D eigenvalue weighted by Crippen LogP contribution is -2.52. The van der Waals surface area contributed by atoms with Crippen molar-refractivity contribution in [2.24, 2.45) is 23.2 Å². The molecule has 2 atom stereocenters. The maximum atomic E-state index is 13.4. The van der Waals surface area contributed by atoms with E-state index in [2.05, 4.69) is 6.07 Å². The number of hydrogen-bond acceptors (Lipinski definition) is 5. The zero-order valence-electron chi connectivity index (χ0n) is 17.7. The third-order valence-electron chi connectivity index (χ3n) is 6.66. The van der Waals surface area contributed by atoms with Crippen LogP contribution in [0.5, 0.6) is 0 Å². The van der Waals surface area contributed by atoms with Gasteiger partial charge >= 0.3 is 11.9 Å². The third-order valence-corrected chi connectivity index (χ3v) is 6.66. The van der Waals surface area contributed by atoms with E-state index in [-0.39, 0.29) is 24.4 Å². The molecular formula is C23H37NO4. The lowest BCUT2D eigenvalue weighted by molar-refractivity contribution is -0.174. The molecule has 0 saturated heterocycles. The number of rotatable bonds is 9. The van der Waals surface area contributed by atoms with Gasteiger partial charge in [-0.1, -0.05) is 51.9 Å². The molecule has 0 aromatic rings. The van der Waals surface area contributed by atoms with Crippen LogP contribution in [0.15, 0.2) is 0 Å². The highest BCUT2D eigenvalue weighted by atomic mass is 16.5. The summed E-state index contributed by atoms with van der Waals surface area (Å²) in [6.07, 6.45) is 11.4. The predicted molar refractivity (Wildman–Crippen MR) is 107 cm³/mol. The van der Waals surface area contributed by atoms with Crippen LogP contribution in [0.4, 0.5) is 0 Å². The molecule has 0 heterocycles. The molecule has 158 valence electrons. The Kier molecular flexibility index (Phi) is 9.28. The number of carbonyl (C=O) groups excluding carboxylic acids is 2. The highest BCUT2D eigenvalue weighted by molar-refractivity contribution is 5.88. The Labute approximate surface area is 170 Å². The standard InChI is InChI=1S/C23H37NO4/c1-3-5-16-28-22(26)23(17-24,19-14-10-7-11-15-19)20(21(25)27-4-2)18-12-8-6-9-13-18/h18-20H,3-16H2,1-2H3. The molecule has 0 spiro atoms. The van der Waals surface area contributed by atoms with Gasteiger partial charge in [-0.25, -0.2) is 0 Å². The molecule has 2 saturated carbocycles. The molecule has 2 aliphatic rings. The van der Waals surface area contributed by atoms with Gasteiger partial charge in [-0.3, -0.25) is 9.59 Å². The minimum Gasteiger partial charge on any atom is -0.466 e. The molecule has 28 heavy (non-hydrogen) atoms. The van der Waals surface area contributed by atoms with Crippen LogP contribution in [0.25, 0.3) is 0 Å². The van der Waals surface area contributed by atoms with Gasteiger partial charge in [0.25, 0.3) is 0 Å². The first kappa shape index (κ1) is 22.7. The predicted octanol–water partition coefficient (Wildman–Crippen LogP) is 5.18. The molecule has 5 heteroatoms. The summed E-state index contributed by atoms with van der Waals surface area (Å²) in [4.78, 5) is 26.6. The quantitative estimate of drug-likeness (QED) is 0.400. The van der Waals surface area contributed by atoms with Crippen LogP contribution in [-0.4, -0.2) is 25.2 Å². The first-order valence-electron chi connectivity index (χ1n) is 11.4. The van der Waals surface area contributed by atoms with Crippen LogP contribution in [-0.2, 0) is 19.1 Å². The van der Waals surface area contributed by atoms with Crippen molar-refractivity contribution in [3.05, 3.63) is 0 Å². The van der Waals surface area contributed by atoms with Crippen molar-refractivity contribution in [1.82, 2.24) is 0 Å². The molecule has 0 aromatic carbocycles. The fraction of sp³-hybridized carbons (Fsp3) is 0.870. The normalized spacial score (nSPS) is 21.9. The molecule has 0 amide bonds. The summed E-state index contributed by atoms with van der Waals surface area (Å²) in [5.41, 5.74) is -1.41. The zero-order chi connectivity index (χ0) is 20.4. The van der Waals surface area contributed by atoms with E-state index >= 15 is 0 Å². The molecule has 0 bridgehead atoms. The molecular weight excluding hydrogens is 354 g/mol. The minimum atomic E-state index is -1.41. The second kappa shape index (κ2) is 11.4. The monoisotopic (exact) mass is 391 g/mol. The van der Waals surface area contributed by atoms with E-state index < -0.39 is 17.3 Å². The lowest BCUT2D eigenvalue weighted by atomic mass is 9.57. The van der Waals surface area contributed by atoms with E-state index in [1.54, 1.807) is 6.92 Å².